The van der Waals surface area contributed by atoms with Gasteiger partial charge < -0.3 is 0 Å². The molecule has 0 N–H and O–H groups in total. The highest BCUT2D eigenvalue weighted by atomic mass is 127. The second-order valence-corrected chi connectivity index (χ2v) is 4.93. The molecule has 0 bridgehead atoms. The van der Waals surface area contributed by atoms with Gasteiger partial charge in [-0.25, -0.2) is 5.06 Å². The molecule has 0 unspecified atom stereocenters. The largest absolute Gasteiger partial charge is 0.278 e. The van der Waals surface area contributed by atoms with Crippen LogP contribution in [0.25, 0.3) is 0 Å². The van der Waals surface area contributed by atoms with E-state index < -0.39 is 0 Å². The third kappa shape index (κ3) is 2.18. The van der Waals surface area contributed by atoms with E-state index >= 15 is 0 Å². The molecular weight excluding hydrogens is 289 g/mol. The number of carbonyl (C=O) groups is 1. The molecule has 0 spiro atoms. The van der Waals surface area contributed by atoms with E-state index in [0.717, 1.165) is 2.88 Å². The van der Waals surface area contributed by atoms with E-state index in [2.05, 4.69) is 22.6 Å². The lowest BCUT2D eigenvalue weighted by atomic mass is 10.3. The number of nitrogens with zero attached hydrogens (tertiary/aromatic N) is 1. The maximum atomic E-state index is 11.4. The van der Waals surface area contributed by atoms with Gasteiger partial charge >= 0.3 is 0 Å². The summed E-state index contributed by atoms with van der Waals surface area (Å²) in [6.07, 6.45) is 0. The Kier molecular flexibility index (Phi) is 3.48. The fraction of sp³-hybridized carbons (Fsp3) is 0.286. The van der Waals surface area contributed by atoms with Crippen LogP contribution < -0.4 is 0 Å². The summed E-state index contributed by atoms with van der Waals surface area (Å²) in [6, 6.07) is 1.84. The van der Waals surface area contributed by atoms with Gasteiger partial charge in [-0.1, -0.05) is 0 Å². The standard InChI is InChI=1S/C7H8INO2S/c1-9(11-2)7(10)5-3-6(8)12-4-5/h3-4H,1-2H3. The van der Waals surface area contributed by atoms with Crippen molar-refractivity contribution in [2.75, 3.05) is 14.2 Å². The van der Waals surface area contributed by atoms with E-state index in [1.807, 2.05) is 11.4 Å². The zero-order valence-electron chi connectivity index (χ0n) is 6.70. The van der Waals surface area contributed by atoms with Gasteiger partial charge in [0, 0.05) is 12.4 Å². The second-order valence-electron chi connectivity index (χ2n) is 2.12. The van der Waals surface area contributed by atoms with Crippen molar-refractivity contribution in [3.63, 3.8) is 0 Å². The lowest BCUT2D eigenvalue weighted by molar-refractivity contribution is -0.0756. The van der Waals surface area contributed by atoms with Crippen LogP contribution in [0, 0.1) is 2.88 Å². The van der Waals surface area contributed by atoms with Crippen LogP contribution in [0.3, 0.4) is 0 Å². The summed E-state index contributed by atoms with van der Waals surface area (Å²) in [6.45, 7) is 0. The molecule has 1 aromatic heterocycles. The van der Waals surface area contributed by atoms with Crippen molar-refractivity contribution in [3.05, 3.63) is 19.9 Å². The molecule has 0 saturated carbocycles. The molecule has 0 aliphatic rings. The van der Waals surface area contributed by atoms with E-state index in [0.29, 0.717) is 5.56 Å². The molecule has 66 valence electrons. The zero-order chi connectivity index (χ0) is 9.14. The first-order valence-corrected chi connectivity index (χ1v) is 5.17. The summed E-state index contributed by atoms with van der Waals surface area (Å²) >= 11 is 3.72. The summed E-state index contributed by atoms with van der Waals surface area (Å²) in [4.78, 5) is 16.2. The average Bonchev–Trinajstić information content (AvgIpc) is 2.49. The molecule has 1 amide bonds. The molecule has 0 aliphatic heterocycles. The molecule has 12 heavy (non-hydrogen) atoms. The first-order valence-electron chi connectivity index (χ1n) is 3.21. The molecule has 5 heteroatoms. The van der Waals surface area contributed by atoms with Crippen LogP contribution in [0.2, 0.25) is 0 Å². The number of hydroxylamine groups is 2. The molecule has 0 aliphatic carbocycles. The van der Waals surface area contributed by atoms with Crippen LogP contribution in [-0.2, 0) is 4.84 Å². The summed E-state index contributed by atoms with van der Waals surface area (Å²) < 4.78 is 1.10. The van der Waals surface area contributed by atoms with Crippen molar-refractivity contribution in [1.29, 1.82) is 0 Å². The van der Waals surface area contributed by atoms with E-state index in [9.17, 15) is 4.79 Å². The summed E-state index contributed by atoms with van der Waals surface area (Å²) in [5, 5.41) is 3.03. The van der Waals surface area contributed by atoms with Gasteiger partial charge in [0.1, 0.15) is 0 Å². The number of hydrogen-bond donors (Lipinski definition) is 0. The number of rotatable bonds is 2. The van der Waals surface area contributed by atoms with Gasteiger partial charge in [0.05, 0.1) is 15.6 Å². The molecular formula is C7H8INO2S. The quantitative estimate of drug-likeness (QED) is 0.617. The third-order valence-corrected chi connectivity index (χ3v) is 3.16. The van der Waals surface area contributed by atoms with E-state index in [4.69, 9.17) is 4.84 Å². The minimum Gasteiger partial charge on any atom is -0.274 e. The van der Waals surface area contributed by atoms with Crippen LogP contribution in [0.15, 0.2) is 11.4 Å². The average molecular weight is 297 g/mol. The lowest BCUT2D eigenvalue weighted by Crippen LogP contribution is -2.24. The predicted octanol–water partition coefficient (Wildman–Crippen LogP) is 1.99. The third-order valence-electron chi connectivity index (χ3n) is 1.37. The molecule has 3 nitrogen and oxygen atoms in total. The zero-order valence-corrected chi connectivity index (χ0v) is 9.68. The maximum absolute atomic E-state index is 11.4. The molecule has 0 radical (unpaired) electrons. The van der Waals surface area contributed by atoms with Gasteiger partial charge in [0.25, 0.3) is 5.91 Å². The van der Waals surface area contributed by atoms with E-state index in [1.165, 1.54) is 12.2 Å². The Morgan fingerprint density at radius 3 is 2.83 bits per heavy atom. The van der Waals surface area contributed by atoms with Crippen LogP contribution >= 0.6 is 33.9 Å². The summed E-state index contributed by atoms with van der Waals surface area (Å²) in [5.41, 5.74) is 0.675. The number of hydrogen-bond acceptors (Lipinski definition) is 3. The van der Waals surface area contributed by atoms with Gasteiger partial charge in [-0.15, -0.1) is 11.3 Å². The Morgan fingerprint density at radius 1 is 1.75 bits per heavy atom. The SMILES string of the molecule is CON(C)C(=O)c1csc(I)c1. The van der Waals surface area contributed by atoms with E-state index in [1.54, 1.807) is 18.4 Å². The Balaban J connectivity index is 2.78. The Labute approximate surface area is 88.4 Å². The topological polar surface area (TPSA) is 29.5 Å². The number of halogens is 1. The Hall–Kier alpha value is -0.140. The monoisotopic (exact) mass is 297 g/mol. The van der Waals surface area contributed by atoms with Crippen LogP contribution in [0.4, 0.5) is 0 Å². The molecule has 0 saturated heterocycles. The van der Waals surface area contributed by atoms with Crippen molar-refractivity contribution < 1.29 is 9.63 Å². The first kappa shape index (κ1) is 9.94. The predicted molar refractivity (Wildman–Crippen MR) is 56.1 cm³/mol. The van der Waals surface area contributed by atoms with Crippen molar-refractivity contribution in [2.24, 2.45) is 0 Å². The Bertz CT molecular complexity index is 287. The number of amides is 1. The molecule has 0 aromatic carbocycles. The van der Waals surface area contributed by atoms with Crippen LogP contribution in [-0.4, -0.2) is 25.1 Å². The van der Waals surface area contributed by atoms with Gasteiger partial charge in [-0.05, 0) is 28.7 Å². The minimum atomic E-state index is -0.114. The Morgan fingerprint density at radius 2 is 2.42 bits per heavy atom. The first-order chi connectivity index (χ1) is 5.65. The molecule has 1 aromatic rings. The van der Waals surface area contributed by atoms with Gasteiger partial charge in [-0.2, -0.15) is 0 Å². The van der Waals surface area contributed by atoms with Gasteiger partial charge in [-0.3, -0.25) is 9.63 Å². The molecule has 0 atom stereocenters. The number of thiophene rings is 1. The summed E-state index contributed by atoms with van der Waals surface area (Å²) in [5.74, 6) is -0.114. The fourth-order valence-corrected chi connectivity index (χ4v) is 2.01. The van der Waals surface area contributed by atoms with E-state index in [-0.39, 0.29) is 5.91 Å². The fourth-order valence-electron chi connectivity index (χ4n) is 0.687. The minimum absolute atomic E-state index is 0.114. The maximum Gasteiger partial charge on any atom is 0.278 e. The smallest absolute Gasteiger partial charge is 0.274 e. The highest BCUT2D eigenvalue weighted by molar-refractivity contribution is 14.1. The van der Waals surface area contributed by atoms with Crippen molar-refractivity contribution in [3.8, 4) is 0 Å². The lowest BCUT2D eigenvalue weighted by Gasteiger charge is -2.11. The van der Waals surface area contributed by atoms with Gasteiger partial charge in [0.2, 0.25) is 0 Å². The summed E-state index contributed by atoms with van der Waals surface area (Å²) in [7, 11) is 3.06. The van der Waals surface area contributed by atoms with Crippen molar-refractivity contribution in [2.45, 2.75) is 0 Å². The van der Waals surface area contributed by atoms with Crippen molar-refractivity contribution in [1.82, 2.24) is 5.06 Å². The van der Waals surface area contributed by atoms with Gasteiger partial charge in [0.15, 0.2) is 0 Å². The van der Waals surface area contributed by atoms with Crippen molar-refractivity contribution >= 4 is 39.8 Å². The molecule has 0 fully saturated rings. The highest BCUT2D eigenvalue weighted by Crippen LogP contribution is 2.17. The van der Waals surface area contributed by atoms with Crippen LogP contribution in [0.1, 0.15) is 10.4 Å². The molecule has 1 heterocycles. The molecule has 1 rings (SSSR count). The second kappa shape index (κ2) is 4.20. The normalized spacial score (nSPS) is 9.92. The van der Waals surface area contributed by atoms with Crippen LogP contribution in [0.5, 0.6) is 0 Å². The number of carbonyl (C=O) groups excluding carboxylic acids is 1. The highest BCUT2D eigenvalue weighted by Gasteiger charge is 2.12.